The van der Waals surface area contributed by atoms with Crippen LogP contribution in [0.5, 0.6) is 5.75 Å². The van der Waals surface area contributed by atoms with Crippen LogP contribution >= 0.6 is 11.6 Å². The highest BCUT2D eigenvalue weighted by molar-refractivity contribution is 6.32. The Morgan fingerprint density at radius 2 is 1.71 bits per heavy atom. The first-order chi connectivity index (χ1) is 19.7. The number of carbonyl (C=O) groups is 4. The molecule has 204 valence electrons. The monoisotopic (exact) mass is 563 g/mol. The molecular weight excluding hydrogens is 538 g/mol. The fraction of sp³-hybridized carbons (Fsp3) is 0.235. The number of aromatic hydroxyl groups is 1. The highest BCUT2D eigenvalue weighted by atomic mass is 35.5. The Balaban J connectivity index is 1.42. The summed E-state index contributed by atoms with van der Waals surface area (Å²) in [5, 5.41) is 13.4. The van der Waals surface area contributed by atoms with Crippen molar-refractivity contribution in [3.05, 3.63) is 105 Å². The molecule has 0 unspecified atom stereocenters. The van der Waals surface area contributed by atoms with Gasteiger partial charge < -0.3 is 5.11 Å². The minimum absolute atomic E-state index is 0.0152. The molecule has 3 aromatic carbocycles. The van der Waals surface area contributed by atoms with Gasteiger partial charge in [0.15, 0.2) is 11.6 Å². The van der Waals surface area contributed by atoms with Crippen molar-refractivity contribution in [3.63, 3.8) is 0 Å². The Bertz CT molecular complexity index is 1850. The number of rotatable bonds is 2. The molecule has 1 N–H and O–H groups in total. The summed E-state index contributed by atoms with van der Waals surface area (Å²) in [7, 11) is 0. The van der Waals surface area contributed by atoms with Crippen molar-refractivity contribution in [3.8, 4) is 5.75 Å². The van der Waals surface area contributed by atoms with Crippen LogP contribution < -0.4 is 4.90 Å². The minimum atomic E-state index is -0.721. The molecule has 0 saturated carbocycles. The fourth-order valence-electron chi connectivity index (χ4n) is 7.26. The Labute approximate surface area is 241 Å². The summed E-state index contributed by atoms with van der Waals surface area (Å²) in [6.07, 6.45) is 3.82. The molecule has 7 heteroatoms. The Kier molecular flexibility index (Phi) is 5.70. The highest BCUT2D eigenvalue weighted by Crippen LogP contribution is 2.57. The average molecular weight is 564 g/mol. The number of allylic oxidation sites excluding steroid dienone is 6. The molecule has 0 aromatic heterocycles. The number of nitrogens with zero attached hydrogens (tertiary/aromatic N) is 1. The highest BCUT2D eigenvalue weighted by Gasteiger charge is 2.57. The number of phenols is 1. The number of amides is 2. The van der Waals surface area contributed by atoms with Crippen molar-refractivity contribution in [2.24, 2.45) is 17.8 Å². The van der Waals surface area contributed by atoms with Gasteiger partial charge in [0.25, 0.3) is 0 Å². The minimum Gasteiger partial charge on any atom is -0.508 e. The van der Waals surface area contributed by atoms with Crippen molar-refractivity contribution in [2.45, 2.75) is 32.6 Å². The lowest BCUT2D eigenvalue weighted by Gasteiger charge is -2.42. The van der Waals surface area contributed by atoms with Gasteiger partial charge in [-0.15, -0.1) is 0 Å². The number of phenolic OH excluding ortho intramolecular Hbond substituents is 1. The second-order valence-corrected chi connectivity index (χ2v) is 11.8. The number of carbonyl (C=O) groups excluding carboxylic acids is 4. The van der Waals surface area contributed by atoms with E-state index in [0.717, 1.165) is 21.9 Å². The molecule has 2 amide bonds. The summed E-state index contributed by atoms with van der Waals surface area (Å²) >= 11 is 6.35. The van der Waals surface area contributed by atoms with E-state index in [9.17, 15) is 24.3 Å². The van der Waals surface area contributed by atoms with Gasteiger partial charge in [0, 0.05) is 33.2 Å². The summed E-state index contributed by atoms with van der Waals surface area (Å²) in [6.45, 7) is 3.48. The number of benzene rings is 3. The van der Waals surface area contributed by atoms with Gasteiger partial charge in [0.1, 0.15) is 5.75 Å². The normalized spacial score (nSPS) is 25.7. The van der Waals surface area contributed by atoms with E-state index in [1.54, 1.807) is 31.2 Å². The molecule has 1 saturated heterocycles. The number of halogens is 1. The predicted octanol–water partition coefficient (Wildman–Crippen LogP) is 6.14. The van der Waals surface area contributed by atoms with Gasteiger partial charge in [-0.3, -0.25) is 19.2 Å². The van der Waals surface area contributed by atoms with Crippen LogP contribution in [0.3, 0.4) is 0 Å². The van der Waals surface area contributed by atoms with Crippen molar-refractivity contribution < 1.29 is 24.3 Å². The Hall–Kier alpha value is -4.29. The largest absolute Gasteiger partial charge is 0.508 e. The number of Topliss-reactive ketones (excluding diaryl/α,β-unsaturated/α-hetero) is 1. The smallest absolute Gasteiger partial charge is 0.238 e. The maximum absolute atomic E-state index is 14.1. The van der Waals surface area contributed by atoms with Crippen LogP contribution in [0.1, 0.15) is 36.8 Å². The summed E-state index contributed by atoms with van der Waals surface area (Å²) in [4.78, 5) is 56.2. The van der Waals surface area contributed by atoms with Crippen LogP contribution in [0.25, 0.3) is 10.8 Å². The second kappa shape index (κ2) is 9.11. The van der Waals surface area contributed by atoms with E-state index in [4.69, 9.17) is 11.6 Å². The first kappa shape index (κ1) is 25.7. The molecule has 41 heavy (non-hydrogen) atoms. The second-order valence-electron chi connectivity index (χ2n) is 11.4. The maximum atomic E-state index is 14.1. The standard InChI is InChI=1S/C34H26ClNO5/c1-16-7-9-19(14-25(16)35)36-33(40)22-11-10-21-23(28(22)34(36)41)15-24-27(38)13-17(2)32(39)31(24)30(21)29-20-6-4-3-5-18(20)8-12-26(29)37/h3-10,12-14,22-23,28,30,37H,11,15H2,1-2H3/t22-,23+,28-,30+/m0/s1. The van der Waals surface area contributed by atoms with Crippen LogP contribution in [-0.2, 0) is 19.2 Å². The first-order valence-electron chi connectivity index (χ1n) is 13.7. The lowest BCUT2D eigenvalue weighted by Crippen LogP contribution is -2.40. The van der Waals surface area contributed by atoms with E-state index in [0.29, 0.717) is 39.4 Å². The molecule has 4 aliphatic rings. The molecule has 1 aliphatic heterocycles. The van der Waals surface area contributed by atoms with E-state index < -0.39 is 23.7 Å². The van der Waals surface area contributed by atoms with Crippen molar-refractivity contribution in [2.75, 3.05) is 4.90 Å². The summed E-state index contributed by atoms with van der Waals surface area (Å²) in [5.74, 6) is -3.60. The third-order valence-electron chi connectivity index (χ3n) is 9.21. The predicted molar refractivity (Wildman–Crippen MR) is 156 cm³/mol. The van der Waals surface area contributed by atoms with E-state index in [1.807, 2.05) is 43.3 Å². The molecular formula is C34H26ClNO5. The lowest BCUT2D eigenvalue weighted by atomic mass is 9.59. The number of fused-ring (bicyclic) bond motifs is 4. The van der Waals surface area contributed by atoms with Gasteiger partial charge in [-0.25, -0.2) is 4.90 Å². The number of ketones is 2. The fourth-order valence-corrected chi connectivity index (χ4v) is 7.43. The lowest BCUT2D eigenvalue weighted by molar-refractivity contribution is -0.123. The van der Waals surface area contributed by atoms with E-state index >= 15 is 0 Å². The van der Waals surface area contributed by atoms with Gasteiger partial charge in [-0.2, -0.15) is 0 Å². The SMILES string of the molecule is CC1=CC(=O)C2=C(C1=O)[C@@H](c1c(O)ccc3ccccc13)C1=CC[C@@H]3C(=O)N(c4ccc(C)c(Cl)c4)C(=O)[C@@H]3[C@@H]1C2. The van der Waals surface area contributed by atoms with E-state index in [1.165, 1.54) is 11.0 Å². The molecule has 0 bridgehead atoms. The molecule has 4 atom stereocenters. The maximum Gasteiger partial charge on any atom is 0.238 e. The summed E-state index contributed by atoms with van der Waals surface area (Å²) in [6, 6.07) is 16.2. The third-order valence-corrected chi connectivity index (χ3v) is 9.62. The van der Waals surface area contributed by atoms with Gasteiger partial charge in [-0.05, 0) is 73.2 Å². The number of hydrogen-bond donors (Lipinski definition) is 1. The molecule has 6 nitrogen and oxygen atoms in total. The van der Waals surface area contributed by atoms with E-state index in [2.05, 4.69) is 0 Å². The number of hydrogen-bond acceptors (Lipinski definition) is 5. The molecule has 3 aromatic rings. The topological polar surface area (TPSA) is 91.8 Å². The quantitative estimate of drug-likeness (QED) is 0.230. The van der Waals surface area contributed by atoms with Crippen LogP contribution in [-0.4, -0.2) is 28.5 Å². The van der Waals surface area contributed by atoms with Crippen LogP contribution in [0.15, 0.2) is 89.0 Å². The van der Waals surface area contributed by atoms with Gasteiger partial charge in [0.2, 0.25) is 11.8 Å². The molecule has 0 spiro atoms. The average Bonchev–Trinajstić information content (AvgIpc) is 3.22. The van der Waals surface area contributed by atoms with E-state index in [-0.39, 0.29) is 35.6 Å². The summed E-state index contributed by atoms with van der Waals surface area (Å²) < 4.78 is 0. The van der Waals surface area contributed by atoms with Gasteiger partial charge in [0.05, 0.1) is 17.5 Å². The van der Waals surface area contributed by atoms with Gasteiger partial charge in [-0.1, -0.05) is 59.6 Å². The molecule has 3 aliphatic carbocycles. The molecule has 0 radical (unpaired) electrons. The Morgan fingerprint density at radius 3 is 2.49 bits per heavy atom. The summed E-state index contributed by atoms with van der Waals surface area (Å²) in [5.41, 5.74) is 3.68. The molecule has 1 fully saturated rings. The molecule has 1 heterocycles. The van der Waals surface area contributed by atoms with Crippen LogP contribution in [0, 0.1) is 24.7 Å². The number of anilines is 1. The third kappa shape index (κ3) is 3.63. The van der Waals surface area contributed by atoms with Crippen LogP contribution in [0.2, 0.25) is 5.02 Å². The zero-order valence-electron chi connectivity index (χ0n) is 22.5. The van der Waals surface area contributed by atoms with Gasteiger partial charge >= 0.3 is 0 Å². The Morgan fingerprint density at radius 1 is 0.927 bits per heavy atom. The first-order valence-corrected chi connectivity index (χ1v) is 14.1. The molecule has 7 rings (SSSR count). The van der Waals surface area contributed by atoms with Crippen molar-refractivity contribution in [1.29, 1.82) is 0 Å². The number of imide groups is 1. The van der Waals surface area contributed by atoms with Crippen molar-refractivity contribution >= 4 is 51.4 Å². The number of aryl methyl sites for hydroxylation is 1. The zero-order valence-corrected chi connectivity index (χ0v) is 23.2. The van der Waals surface area contributed by atoms with Crippen LogP contribution in [0.4, 0.5) is 5.69 Å². The zero-order chi connectivity index (χ0) is 28.7. The van der Waals surface area contributed by atoms with Crippen molar-refractivity contribution in [1.82, 2.24) is 0 Å².